The van der Waals surface area contributed by atoms with E-state index in [1.807, 2.05) is 35.0 Å². The Morgan fingerprint density at radius 3 is 2.62 bits per heavy atom. The molecule has 2 aromatic carbocycles. The third kappa shape index (κ3) is 5.25. The van der Waals surface area contributed by atoms with Gasteiger partial charge in [-0.15, -0.1) is 12.4 Å². The SMILES string of the molecule is Cl.c1ccc(C[C@@H]2CN(c3nccc(Oc4ccc(-n5ccnc5)cc4)n3)CCN2)cc1. The van der Waals surface area contributed by atoms with Crippen LogP contribution in [0.1, 0.15) is 5.56 Å². The summed E-state index contributed by atoms with van der Waals surface area (Å²) in [4.78, 5) is 15.4. The standard InChI is InChI=1S/C24H24N6O.ClH/c1-2-4-19(5-3-1)16-20-17-29(15-13-26-20)24-27-11-10-23(28-24)31-22-8-6-21(7-9-22)30-14-12-25-18-30;/h1-12,14,18,20,26H,13,15-17H2;1H/t20-;/m1./s1. The number of hydrogen-bond acceptors (Lipinski definition) is 6. The minimum atomic E-state index is 0. The van der Waals surface area contributed by atoms with Crippen molar-refractivity contribution < 1.29 is 4.74 Å². The Kier molecular flexibility index (Phi) is 6.99. The van der Waals surface area contributed by atoms with Crippen molar-refractivity contribution >= 4 is 18.4 Å². The Morgan fingerprint density at radius 1 is 1.00 bits per heavy atom. The van der Waals surface area contributed by atoms with Crippen LogP contribution in [0.5, 0.6) is 11.6 Å². The van der Waals surface area contributed by atoms with Crippen LogP contribution in [0.4, 0.5) is 5.95 Å². The molecule has 3 heterocycles. The topological polar surface area (TPSA) is 68.1 Å². The van der Waals surface area contributed by atoms with Crippen LogP contribution in [0.2, 0.25) is 0 Å². The van der Waals surface area contributed by atoms with Crippen LogP contribution < -0.4 is 15.0 Å². The average Bonchev–Trinajstić information content (AvgIpc) is 3.36. The molecule has 1 aliphatic heterocycles. The zero-order valence-corrected chi connectivity index (χ0v) is 18.4. The van der Waals surface area contributed by atoms with Gasteiger partial charge in [-0.05, 0) is 36.2 Å². The molecule has 0 radical (unpaired) electrons. The van der Waals surface area contributed by atoms with E-state index in [2.05, 4.69) is 55.5 Å². The van der Waals surface area contributed by atoms with Gasteiger partial charge in [0.25, 0.3) is 0 Å². The molecule has 32 heavy (non-hydrogen) atoms. The van der Waals surface area contributed by atoms with Gasteiger partial charge in [0.15, 0.2) is 0 Å². The summed E-state index contributed by atoms with van der Waals surface area (Å²) >= 11 is 0. The zero-order valence-electron chi connectivity index (χ0n) is 17.5. The number of aromatic nitrogens is 4. The summed E-state index contributed by atoms with van der Waals surface area (Å²) in [5.41, 5.74) is 2.36. The Bertz CT molecular complexity index is 1110. The van der Waals surface area contributed by atoms with Gasteiger partial charge in [-0.3, -0.25) is 0 Å². The quantitative estimate of drug-likeness (QED) is 0.482. The van der Waals surface area contributed by atoms with Crippen LogP contribution in [0.25, 0.3) is 5.69 Å². The number of imidazole rings is 1. The number of ether oxygens (including phenoxy) is 1. The molecule has 1 N–H and O–H groups in total. The summed E-state index contributed by atoms with van der Waals surface area (Å²) in [6, 6.07) is 20.5. The largest absolute Gasteiger partial charge is 0.439 e. The normalized spacial score (nSPS) is 15.8. The van der Waals surface area contributed by atoms with Crippen LogP contribution in [0.3, 0.4) is 0 Å². The minimum Gasteiger partial charge on any atom is -0.439 e. The molecule has 0 spiro atoms. The van der Waals surface area contributed by atoms with E-state index >= 15 is 0 Å². The molecule has 7 nitrogen and oxygen atoms in total. The number of nitrogens with zero attached hydrogens (tertiary/aromatic N) is 5. The third-order valence-electron chi connectivity index (χ3n) is 5.34. The molecule has 1 saturated heterocycles. The molecular formula is C24H25ClN6O. The lowest BCUT2D eigenvalue weighted by Gasteiger charge is -2.33. The van der Waals surface area contributed by atoms with E-state index in [0.29, 0.717) is 17.9 Å². The summed E-state index contributed by atoms with van der Waals surface area (Å²) < 4.78 is 7.93. The molecule has 4 aromatic rings. The molecule has 1 fully saturated rings. The smallest absolute Gasteiger partial charge is 0.228 e. The van der Waals surface area contributed by atoms with Crippen molar-refractivity contribution in [1.82, 2.24) is 24.8 Å². The van der Waals surface area contributed by atoms with Gasteiger partial charge in [0, 0.05) is 56.0 Å². The van der Waals surface area contributed by atoms with Crippen LogP contribution in [-0.4, -0.2) is 45.2 Å². The van der Waals surface area contributed by atoms with Crippen LogP contribution in [0, 0.1) is 0 Å². The minimum absolute atomic E-state index is 0. The van der Waals surface area contributed by atoms with E-state index < -0.39 is 0 Å². The first-order valence-electron chi connectivity index (χ1n) is 10.4. The summed E-state index contributed by atoms with van der Waals surface area (Å²) in [7, 11) is 0. The molecule has 8 heteroatoms. The summed E-state index contributed by atoms with van der Waals surface area (Å²) in [6.45, 7) is 2.63. The van der Waals surface area contributed by atoms with Crippen LogP contribution in [0.15, 0.2) is 85.6 Å². The van der Waals surface area contributed by atoms with Crippen LogP contribution in [-0.2, 0) is 6.42 Å². The highest BCUT2D eigenvalue weighted by Gasteiger charge is 2.21. The number of nitrogens with one attached hydrogen (secondary N) is 1. The van der Waals surface area contributed by atoms with E-state index in [1.54, 1.807) is 24.8 Å². The van der Waals surface area contributed by atoms with E-state index in [0.717, 1.165) is 37.5 Å². The van der Waals surface area contributed by atoms with Crippen LogP contribution >= 0.6 is 12.4 Å². The summed E-state index contributed by atoms with van der Waals surface area (Å²) in [6.07, 6.45) is 8.17. The van der Waals surface area contributed by atoms with Gasteiger partial charge in [0.2, 0.25) is 11.8 Å². The van der Waals surface area contributed by atoms with Crippen molar-refractivity contribution in [3.8, 4) is 17.3 Å². The number of halogens is 1. The van der Waals surface area contributed by atoms with Crippen molar-refractivity contribution in [1.29, 1.82) is 0 Å². The second kappa shape index (κ2) is 10.3. The van der Waals surface area contributed by atoms with Gasteiger partial charge >= 0.3 is 0 Å². The van der Waals surface area contributed by atoms with Crippen molar-refractivity contribution in [2.75, 3.05) is 24.5 Å². The highest BCUT2D eigenvalue weighted by Crippen LogP contribution is 2.23. The number of anilines is 1. The van der Waals surface area contributed by atoms with Crippen molar-refractivity contribution in [2.24, 2.45) is 0 Å². The number of piperazine rings is 1. The maximum atomic E-state index is 5.99. The highest BCUT2D eigenvalue weighted by atomic mass is 35.5. The second-order valence-electron chi connectivity index (χ2n) is 7.55. The van der Waals surface area contributed by atoms with E-state index in [-0.39, 0.29) is 12.4 Å². The molecule has 5 rings (SSSR count). The van der Waals surface area contributed by atoms with Crippen molar-refractivity contribution in [3.63, 3.8) is 0 Å². The Hall–Kier alpha value is -3.42. The monoisotopic (exact) mass is 448 g/mol. The van der Waals surface area contributed by atoms with Gasteiger partial charge in [0.1, 0.15) is 5.75 Å². The van der Waals surface area contributed by atoms with Crippen molar-refractivity contribution in [2.45, 2.75) is 12.5 Å². The lowest BCUT2D eigenvalue weighted by atomic mass is 10.0. The molecular weight excluding hydrogens is 424 g/mol. The first-order valence-corrected chi connectivity index (χ1v) is 10.4. The van der Waals surface area contributed by atoms with Gasteiger partial charge < -0.3 is 19.5 Å². The lowest BCUT2D eigenvalue weighted by Crippen LogP contribution is -2.52. The Balaban J connectivity index is 0.00000245. The van der Waals surface area contributed by atoms with Gasteiger partial charge in [-0.2, -0.15) is 4.98 Å². The molecule has 0 amide bonds. The molecule has 1 aliphatic rings. The molecule has 0 aliphatic carbocycles. The van der Waals surface area contributed by atoms with Gasteiger partial charge in [0.05, 0.1) is 6.33 Å². The van der Waals surface area contributed by atoms with E-state index in [9.17, 15) is 0 Å². The molecule has 1 atom stereocenters. The summed E-state index contributed by atoms with van der Waals surface area (Å²) in [5.74, 6) is 1.97. The molecule has 2 aromatic heterocycles. The highest BCUT2D eigenvalue weighted by molar-refractivity contribution is 5.85. The van der Waals surface area contributed by atoms with E-state index in [1.165, 1.54) is 5.56 Å². The predicted octanol–water partition coefficient (Wildman–Crippen LogP) is 3.90. The number of hydrogen-bond donors (Lipinski definition) is 1. The molecule has 0 saturated carbocycles. The molecule has 0 unspecified atom stereocenters. The van der Waals surface area contributed by atoms with Crippen molar-refractivity contribution in [3.05, 3.63) is 91.1 Å². The lowest BCUT2D eigenvalue weighted by molar-refractivity contribution is 0.440. The Labute approximate surface area is 193 Å². The first-order chi connectivity index (χ1) is 15.3. The summed E-state index contributed by atoms with van der Waals surface area (Å²) in [5, 5.41) is 3.60. The van der Waals surface area contributed by atoms with Gasteiger partial charge in [-0.25, -0.2) is 9.97 Å². The molecule has 164 valence electrons. The molecule has 0 bridgehead atoms. The van der Waals surface area contributed by atoms with Gasteiger partial charge in [-0.1, -0.05) is 30.3 Å². The number of benzene rings is 2. The Morgan fingerprint density at radius 2 is 1.84 bits per heavy atom. The third-order valence-corrected chi connectivity index (χ3v) is 5.34. The fourth-order valence-electron chi connectivity index (χ4n) is 3.80. The zero-order chi connectivity index (χ0) is 20.9. The first kappa shape index (κ1) is 21.8. The maximum absolute atomic E-state index is 5.99. The van der Waals surface area contributed by atoms with E-state index in [4.69, 9.17) is 4.74 Å². The average molecular weight is 449 g/mol. The number of rotatable bonds is 6. The second-order valence-corrected chi connectivity index (χ2v) is 7.55. The maximum Gasteiger partial charge on any atom is 0.228 e. The fraction of sp³-hybridized carbons (Fsp3) is 0.208. The predicted molar refractivity (Wildman–Crippen MR) is 127 cm³/mol. The fourth-order valence-corrected chi connectivity index (χ4v) is 3.80.